The van der Waals surface area contributed by atoms with Gasteiger partial charge in [-0.25, -0.2) is 0 Å². The van der Waals surface area contributed by atoms with Gasteiger partial charge < -0.3 is 5.32 Å². The molecule has 2 radical (unpaired) electrons. The lowest BCUT2D eigenvalue weighted by Gasteiger charge is -1.85. The van der Waals surface area contributed by atoms with E-state index in [1.807, 2.05) is 0 Å². The average Bonchev–Trinajstić information content (AvgIpc) is 1.86. The van der Waals surface area contributed by atoms with Crippen molar-refractivity contribution < 1.29 is 0 Å². The van der Waals surface area contributed by atoms with Gasteiger partial charge in [-0.2, -0.15) is 0 Å². The van der Waals surface area contributed by atoms with Gasteiger partial charge in [-0.3, -0.25) is 0 Å². The summed E-state index contributed by atoms with van der Waals surface area (Å²) >= 11 is 5.40. The van der Waals surface area contributed by atoms with E-state index in [0.29, 0.717) is 5.16 Å². The van der Waals surface area contributed by atoms with Gasteiger partial charge in [-0.1, -0.05) is 11.6 Å². The number of rotatable bonds is 0. The first-order valence-corrected chi connectivity index (χ1v) is 2.10. The van der Waals surface area contributed by atoms with Gasteiger partial charge in [0.1, 0.15) is 0 Å². The number of hydrogen-bond donors (Lipinski definition) is 1. The molecule has 0 aromatic rings. The summed E-state index contributed by atoms with van der Waals surface area (Å²) in [5, 5.41) is 3.52. The third-order valence-electron chi connectivity index (χ3n) is 0.588. The van der Waals surface area contributed by atoms with Gasteiger partial charge >= 0.3 is 0 Å². The summed E-state index contributed by atoms with van der Waals surface area (Å²) in [7, 11) is 0. The molecule has 0 saturated heterocycles. The molecule has 0 aliphatic carbocycles. The zero-order chi connectivity index (χ0) is 4.41. The van der Waals surface area contributed by atoms with Gasteiger partial charge in [0.15, 0.2) is 0 Å². The minimum Gasteiger partial charge on any atom is -0.375 e. The lowest BCUT2D eigenvalue weighted by Crippen LogP contribution is -2.01. The van der Waals surface area contributed by atoms with Crippen LogP contribution in [0.1, 0.15) is 0 Å². The standard InChI is InChI=1S/C4H4ClN/c5-4-2-1-3-6-4/h2,6H,3H2. The van der Waals surface area contributed by atoms with Crippen molar-refractivity contribution in [3.05, 3.63) is 17.7 Å². The Morgan fingerprint density at radius 3 is 3.00 bits per heavy atom. The van der Waals surface area contributed by atoms with Crippen LogP contribution in [0.4, 0.5) is 0 Å². The molecule has 1 aliphatic heterocycles. The summed E-state index contributed by atoms with van der Waals surface area (Å²) in [6.45, 7) is 0.763. The highest BCUT2D eigenvalue weighted by Crippen LogP contribution is 2.02. The van der Waals surface area contributed by atoms with Crippen molar-refractivity contribution in [1.82, 2.24) is 5.32 Å². The van der Waals surface area contributed by atoms with Gasteiger partial charge in [0.05, 0.1) is 5.16 Å². The fraction of sp³-hybridized carbons (Fsp3) is 0.250. The van der Waals surface area contributed by atoms with E-state index in [0.717, 1.165) is 6.54 Å². The smallest absolute Gasteiger partial charge is 0.0984 e. The molecule has 0 saturated carbocycles. The maximum atomic E-state index is 5.40. The van der Waals surface area contributed by atoms with Crippen LogP contribution in [-0.4, -0.2) is 6.54 Å². The highest BCUT2D eigenvalue weighted by molar-refractivity contribution is 6.29. The average molecular weight is 102 g/mol. The van der Waals surface area contributed by atoms with E-state index < -0.39 is 0 Å². The van der Waals surface area contributed by atoms with Crippen molar-refractivity contribution >= 4 is 11.6 Å². The molecule has 0 amide bonds. The van der Waals surface area contributed by atoms with Crippen LogP contribution in [0.2, 0.25) is 0 Å². The molecule has 0 bridgehead atoms. The quantitative estimate of drug-likeness (QED) is 0.444. The molecule has 0 spiro atoms. The molecule has 32 valence electrons. The molecule has 2 heteroatoms. The van der Waals surface area contributed by atoms with Crippen LogP contribution >= 0.6 is 11.6 Å². The summed E-state index contributed by atoms with van der Waals surface area (Å²) in [6, 6.07) is 0. The molecule has 1 heterocycles. The molecule has 1 nitrogen and oxygen atoms in total. The van der Waals surface area contributed by atoms with Crippen LogP contribution in [0.15, 0.2) is 11.2 Å². The predicted octanol–water partition coefficient (Wildman–Crippen LogP) is 0.751. The lowest BCUT2D eigenvalue weighted by atomic mass is 10.5. The van der Waals surface area contributed by atoms with E-state index in [2.05, 4.69) is 11.7 Å². The van der Waals surface area contributed by atoms with E-state index >= 15 is 0 Å². The monoisotopic (exact) mass is 101 g/mol. The molecule has 6 heavy (non-hydrogen) atoms. The summed E-state index contributed by atoms with van der Waals surface area (Å²) in [5.74, 6) is 0. The fourth-order valence-electron chi connectivity index (χ4n) is 0.327. The summed E-state index contributed by atoms with van der Waals surface area (Å²) < 4.78 is 0. The lowest BCUT2D eigenvalue weighted by molar-refractivity contribution is 0.987. The van der Waals surface area contributed by atoms with Crippen molar-refractivity contribution in [2.45, 2.75) is 0 Å². The maximum absolute atomic E-state index is 5.40. The molecular weight excluding hydrogens is 97.5 g/mol. The Morgan fingerprint density at radius 2 is 2.83 bits per heavy atom. The Balaban J connectivity index is 2.45. The van der Waals surface area contributed by atoms with Crippen LogP contribution < -0.4 is 5.32 Å². The molecule has 1 aliphatic rings. The second-order valence-corrected chi connectivity index (χ2v) is 1.46. The van der Waals surface area contributed by atoms with Crippen molar-refractivity contribution in [3.8, 4) is 0 Å². The molecule has 0 fully saturated rings. The molecule has 0 atom stereocenters. The van der Waals surface area contributed by atoms with E-state index in [9.17, 15) is 0 Å². The minimum absolute atomic E-state index is 0.690. The molecular formula is C4H4ClN. The predicted molar refractivity (Wildman–Crippen MR) is 25.2 cm³/mol. The van der Waals surface area contributed by atoms with Crippen LogP contribution in [-0.2, 0) is 0 Å². The van der Waals surface area contributed by atoms with Crippen molar-refractivity contribution in [1.29, 1.82) is 0 Å². The topological polar surface area (TPSA) is 12.0 Å². The second-order valence-electron chi connectivity index (χ2n) is 1.05. The zero-order valence-electron chi connectivity index (χ0n) is 3.16. The van der Waals surface area contributed by atoms with Gasteiger partial charge in [0.2, 0.25) is 0 Å². The van der Waals surface area contributed by atoms with Gasteiger partial charge in [-0.15, -0.1) is 0 Å². The first kappa shape index (κ1) is 4.00. The number of halogens is 1. The molecule has 0 unspecified atom stereocenters. The summed E-state index contributed by atoms with van der Waals surface area (Å²) in [6.07, 6.45) is 4.59. The fourth-order valence-corrected chi connectivity index (χ4v) is 0.471. The maximum Gasteiger partial charge on any atom is 0.0984 e. The Hall–Kier alpha value is -0.170. The zero-order valence-corrected chi connectivity index (χ0v) is 3.92. The number of hydrogen-bond acceptors (Lipinski definition) is 1. The molecule has 1 rings (SSSR count). The van der Waals surface area contributed by atoms with Crippen molar-refractivity contribution in [2.75, 3.05) is 6.54 Å². The van der Waals surface area contributed by atoms with Crippen molar-refractivity contribution in [3.63, 3.8) is 0 Å². The molecule has 1 N–H and O–H groups in total. The van der Waals surface area contributed by atoms with E-state index in [-0.39, 0.29) is 0 Å². The SMILES string of the molecule is ClC1=C[C]CN1. The van der Waals surface area contributed by atoms with E-state index in [1.54, 1.807) is 6.08 Å². The highest BCUT2D eigenvalue weighted by atomic mass is 35.5. The Kier molecular flexibility index (Phi) is 1.01. The first-order chi connectivity index (χ1) is 2.89. The second kappa shape index (κ2) is 1.52. The van der Waals surface area contributed by atoms with Gasteiger partial charge in [0.25, 0.3) is 0 Å². The van der Waals surface area contributed by atoms with Gasteiger partial charge in [0, 0.05) is 13.0 Å². The normalized spacial score (nSPS) is 19.8. The largest absolute Gasteiger partial charge is 0.375 e. The Bertz CT molecular complexity index is 77.6. The molecule has 0 aromatic heterocycles. The van der Waals surface area contributed by atoms with E-state index in [1.165, 1.54) is 0 Å². The van der Waals surface area contributed by atoms with Crippen LogP contribution in [0.25, 0.3) is 0 Å². The summed E-state index contributed by atoms with van der Waals surface area (Å²) in [4.78, 5) is 0. The van der Waals surface area contributed by atoms with Gasteiger partial charge in [-0.05, 0) is 6.08 Å². The highest BCUT2D eigenvalue weighted by Gasteiger charge is 1.95. The van der Waals surface area contributed by atoms with Crippen LogP contribution in [0, 0.1) is 6.42 Å². The third kappa shape index (κ3) is 0.658. The van der Waals surface area contributed by atoms with Crippen LogP contribution in [0.3, 0.4) is 0 Å². The van der Waals surface area contributed by atoms with Crippen molar-refractivity contribution in [2.24, 2.45) is 0 Å². The first-order valence-electron chi connectivity index (χ1n) is 1.72. The van der Waals surface area contributed by atoms with E-state index in [4.69, 9.17) is 11.6 Å². The number of nitrogens with one attached hydrogen (secondary N) is 1. The summed E-state index contributed by atoms with van der Waals surface area (Å²) in [5.41, 5.74) is 0. The Morgan fingerprint density at radius 1 is 2.00 bits per heavy atom. The molecule has 0 aromatic carbocycles. The minimum atomic E-state index is 0.690. The van der Waals surface area contributed by atoms with Crippen LogP contribution in [0.5, 0.6) is 0 Å². The third-order valence-corrected chi connectivity index (χ3v) is 0.831. The Labute approximate surface area is 42.0 Å².